The molecule has 0 saturated carbocycles. The smallest absolute Gasteiger partial charge is 0.246 e. The summed E-state index contributed by atoms with van der Waals surface area (Å²) in [4.78, 5) is 20.5. The predicted molar refractivity (Wildman–Crippen MR) is 86.2 cm³/mol. The molecular formula is C15H31FN2O5. The molecule has 0 aromatic rings. The molecule has 138 valence electrons. The Morgan fingerprint density at radius 1 is 1.22 bits per heavy atom. The molecule has 0 aliphatic rings. The maximum absolute atomic E-state index is 12.9. The van der Waals surface area contributed by atoms with E-state index in [1.807, 2.05) is 13.8 Å². The summed E-state index contributed by atoms with van der Waals surface area (Å²) in [5.74, 6) is 0.0275. The average molecular weight is 338 g/mol. The second-order valence-electron chi connectivity index (χ2n) is 5.01. The molecule has 7 nitrogen and oxygen atoms in total. The van der Waals surface area contributed by atoms with E-state index < -0.39 is 6.17 Å². The SMILES string of the molecule is CC(C)C=O.CNCC(F)COCCOCCNC(=O)COC. The fraction of sp³-hybridized carbons (Fsp3) is 0.867. The van der Waals surface area contributed by atoms with Gasteiger partial charge in [-0.1, -0.05) is 13.8 Å². The minimum Gasteiger partial charge on any atom is -0.377 e. The highest BCUT2D eigenvalue weighted by atomic mass is 19.1. The van der Waals surface area contributed by atoms with Crippen molar-refractivity contribution >= 4 is 12.2 Å². The molecule has 0 aliphatic carbocycles. The Kier molecular flexibility index (Phi) is 19.9. The van der Waals surface area contributed by atoms with Crippen LogP contribution >= 0.6 is 0 Å². The first-order chi connectivity index (χ1) is 11.0. The molecule has 0 heterocycles. The van der Waals surface area contributed by atoms with E-state index in [-0.39, 0.29) is 31.6 Å². The van der Waals surface area contributed by atoms with Gasteiger partial charge in [0, 0.05) is 26.1 Å². The lowest BCUT2D eigenvalue weighted by Crippen LogP contribution is -2.30. The summed E-state index contributed by atoms with van der Waals surface area (Å²) < 4.78 is 27.8. The van der Waals surface area contributed by atoms with Gasteiger partial charge < -0.3 is 29.6 Å². The minimum absolute atomic E-state index is 0.0481. The maximum Gasteiger partial charge on any atom is 0.246 e. The van der Waals surface area contributed by atoms with Crippen LogP contribution in [0.2, 0.25) is 0 Å². The van der Waals surface area contributed by atoms with Gasteiger partial charge in [-0.05, 0) is 7.05 Å². The fourth-order valence-electron chi connectivity index (χ4n) is 1.16. The molecule has 0 spiro atoms. The summed E-state index contributed by atoms with van der Waals surface area (Å²) in [6, 6.07) is 0. The lowest BCUT2D eigenvalue weighted by molar-refractivity contribution is -0.125. The number of rotatable bonds is 13. The zero-order valence-electron chi connectivity index (χ0n) is 14.6. The first-order valence-electron chi connectivity index (χ1n) is 7.62. The van der Waals surface area contributed by atoms with Crippen molar-refractivity contribution < 1.29 is 28.2 Å². The largest absolute Gasteiger partial charge is 0.377 e. The van der Waals surface area contributed by atoms with Crippen LogP contribution in [0.1, 0.15) is 13.8 Å². The molecule has 1 amide bonds. The number of aldehydes is 1. The molecular weight excluding hydrogens is 307 g/mol. The number of ether oxygens (including phenoxy) is 3. The van der Waals surface area contributed by atoms with Crippen molar-refractivity contribution in [2.75, 3.05) is 60.3 Å². The van der Waals surface area contributed by atoms with Crippen LogP contribution in [0.5, 0.6) is 0 Å². The van der Waals surface area contributed by atoms with Gasteiger partial charge in [0.25, 0.3) is 0 Å². The summed E-state index contributed by atoms with van der Waals surface area (Å²) in [7, 11) is 3.15. The van der Waals surface area contributed by atoms with Crippen molar-refractivity contribution in [2.45, 2.75) is 20.0 Å². The third-order valence-electron chi connectivity index (χ3n) is 2.21. The second-order valence-corrected chi connectivity index (χ2v) is 5.01. The first-order valence-corrected chi connectivity index (χ1v) is 7.62. The molecule has 0 saturated heterocycles. The highest BCUT2D eigenvalue weighted by Gasteiger charge is 2.04. The Labute approximate surface area is 138 Å². The molecule has 0 radical (unpaired) electrons. The van der Waals surface area contributed by atoms with Gasteiger partial charge in [0.2, 0.25) is 5.91 Å². The van der Waals surface area contributed by atoms with Crippen molar-refractivity contribution in [3.63, 3.8) is 0 Å². The third-order valence-corrected chi connectivity index (χ3v) is 2.21. The minimum atomic E-state index is -0.997. The van der Waals surface area contributed by atoms with E-state index in [0.29, 0.717) is 26.4 Å². The van der Waals surface area contributed by atoms with Gasteiger partial charge >= 0.3 is 0 Å². The van der Waals surface area contributed by atoms with Crippen LogP contribution in [0, 0.1) is 5.92 Å². The molecule has 0 rings (SSSR count). The monoisotopic (exact) mass is 338 g/mol. The van der Waals surface area contributed by atoms with Gasteiger partial charge in [0.1, 0.15) is 19.1 Å². The molecule has 8 heteroatoms. The van der Waals surface area contributed by atoms with E-state index in [9.17, 15) is 14.0 Å². The van der Waals surface area contributed by atoms with Gasteiger partial charge in [0.05, 0.1) is 26.4 Å². The van der Waals surface area contributed by atoms with Crippen LogP contribution in [-0.4, -0.2) is 78.6 Å². The highest BCUT2D eigenvalue weighted by Crippen LogP contribution is 1.90. The standard InChI is InChI=1S/C11H23FN2O4.C4H8O/c1-13-7-10(12)8-18-6-5-17-4-3-14-11(15)9-16-2;1-4(2)3-5/h10,13H,3-9H2,1-2H3,(H,14,15);3-4H,1-2H3. The quantitative estimate of drug-likeness (QED) is 0.368. The number of halogens is 1. The zero-order chi connectivity index (χ0) is 17.9. The van der Waals surface area contributed by atoms with Crippen molar-refractivity contribution in [1.82, 2.24) is 10.6 Å². The van der Waals surface area contributed by atoms with Crippen molar-refractivity contribution in [3.8, 4) is 0 Å². The first kappa shape index (κ1) is 24.2. The van der Waals surface area contributed by atoms with E-state index >= 15 is 0 Å². The number of alkyl halides is 1. The Bertz CT molecular complexity index is 281. The summed E-state index contributed by atoms with van der Waals surface area (Å²) in [5.41, 5.74) is 0. The number of nitrogens with one attached hydrogen (secondary N) is 2. The van der Waals surface area contributed by atoms with Crippen LogP contribution < -0.4 is 10.6 Å². The molecule has 0 aromatic heterocycles. The lowest BCUT2D eigenvalue weighted by Gasteiger charge is -2.09. The Morgan fingerprint density at radius 2 is 1.83 bits per heavy atom. The Morgan fingerprint density at radius 3 is 2.35 bits per heavy atom. The van der Waals surface area contributed by atoms with E-state index in [0.717, 1.165) is 6.29 Å². The molecule has 2 N–H and O–H groups in total. The van der Waals surface area contributed by atoms with Crippen molar-refractivity contribution in [1.29, 1.82) is 0 Å². The molecule has 0 aliphatic heterocycles. The number of methoxy groups -OCH3 is 1. The van der Waals surface area contributed by atoms with Crippen molar-refractivity contribution in [3.05, 3.63) is 0 Å². The summed E-state index contributed by atoms with van der Waals surface area (Å²) in [6.45, 7) is 5.65. The number of carbonyl (C=O) groups excluding carboxylic acids is 2. The van der Waals surface area contributed by atoms with E-state index in [1.54, 1.807) is 7.05 Å². The molecule has 1 atom stereocenters. The molecule has 0 aromatic carbocycles. The van der Waals surface area contributed by atoms with Gasteiger partial charge in [-0.15, -0.1) is 0 Å². The third kappa shape index (κ3) is 23.3. The normalized spacial score (nSPS) is 11.6. The van der Waals surface area contributed by atoms with Crippen LogP contribution in [0.15, 0.2) is 0 Å². The number of carbonyl (C=O) groups is 2. The van der Waals surface area contributed by atoms with Crippen LogP contribution in [0.25, 0.3) is 0 Å². The topological polar surface area (TPSA) is 85.9 Å². The van der Waals surface area contributed by atoms with E-state index in [1.165, 1.54) is 7.11 Å². The van der Waals surface area contributed by atoms with Gasteiger partial charge in [-0.25, -0.2) is 4.39 Å². The Balaban J connectivity index is 0. The Hall–Kier alpha value is -1.09. The van der Waals surface area contributed by atoms with E-state index in [2.05, 4.69) is 15.4 Å². The van der Waals surface area contributed by atoms with E-state index in [4.69, 9.17) is 9.47 Å². The molecule has 0 bridgehead atoms. The van der Waals surface area contributed by atoms with Crippen LogP contribution in [-0.2, 0) is 23.8 Å². The van der Waals surface area contributed by atoms with Crippen LogP contribution in [0.4, 0.5) is 4.39 Å². The summed E-state index contributed by atoms with van der Waals surface area (Å²) in [6.07, 6.45) is -0.0802. The summed E-state index contributed by atoms with van der Waals surface area (Å²) >= 11 is 0. The average Bonchev–Trinajstić information content (AvgIpc) is 2.51. The number of amides is 1. The highest BCUT2D eigenvalue weighted by molar-refractivity contribution is 5.77. The summed E-state index contributed by atoms with van der Waals surface area (Å²) in [5, 5.41) is 5.33. The van der Waals surface area contributed by atoms with Crippen molar-refractivity contribution in [2.24, 2.45) is 5.92 Å². The predicted octanol–water partition coefficient (Wildman–Crippen LogP) is 0.181. The fourth-order valence-corrected chi connectivity index (χ4v) is 1.16. The van der Waals surface area contributed by atoms with Crippen LogP contribution in [0.3, 0.4) is 0 Å². The number of hydrogen-bond acceptors (Lipinski definition) is 6. The lowest BCUT2D eigenvalue weighted by atomic mass is 10.3. The zero-order valence-corrected chi connectivity index (χ0v) is 14.6. The second kappa shape index (κ2) is 19.0. The molecule has 1 unspecified atom stereocenters. The molecule has 0 fully saturated rings. The molecule has 23 heavy (non-hydrogen) atoms. The van der Waals surface area contributed by atoms with Gasteiger partial charge in [0.15, 0.2) is 0 Å². The van der Waals surface area contributed by atoms with Gasteiger partial charge in [-0.3, -0.25) is 4.79 Å². The van der Waals surface area contributed by atoms with Gasteiger partial charge in [-0.2, -0.15) is 0 Å². The number of hydrogen-bond donors (Lipinski definition) is 2. The maximum atomic E-state index is 12.9.